The van der Waals surface area contributed by atoms with E-state index in [1.54, 1.807) is 11.8 Å². The normalized spacial score (nSPS) is 9.93. The van der Waals surface area contributed by atoms with E-state index in [0.717, 1.165) is 11.3 Å². The number of hydrogen-bond donors (Lipinski definition) is 0. The van der Waals surface area contributed by atoms with Crippen molar-refractivity contribution in [2.24, 2.45) is 0 Å². The van der Waals surface area contributed by atoms with Gasteiger partial charge in [0.15, 0.2) is 0 Å². The highest BCUT2D eigenvalue weighted by Gasteiger charge is 2.05. The summed E-state index contributed by atoms with van der Waals surface area (Å²) in [7, 11) is 0. The van der Waals surface area contributed by atoms with Crippen LogP contribution in [0, 0.1) is 6.92 Å². The van der Waals surface area contributed by atoms with Gasteiger partial charge in [-0.3, -0.25) is 4.79 Å². The van der Waals surface area contributed by atoms with E-state index in [-0.39, 0.29) is 5.97 Å². The Morgan fingerprint density at radius 1 is 1.50 bits per heavy atom. The van der Waals surface area contributed by atoms with Gasteiger partial charge >= 0.3 is 5.97 Å². The summed E-state index contributed by atoms with van der Waals surface area (Å²) >= 11 is 1.71. The van der Waals surface area contributed by atoms with Crippen molar-refractivity contribution in [3.63, 3.8) is 0 Å². The van der Waals surface area contributed by atoms with Gasteiger partial charge in [-0.25, -0.2) is 0 Å². The van der Waals surface area contributed by atoms with Crippen LogP contribution < -0.4 is 4.74 Å². The van der Waals surface area contributed by atoms with Crippen molar-refractivity contribution in [2.75, 3.05) is 6.26 Å². The lowest BCUT2D eigenvalue weighted by atomic mass is 10.1. The van der Waals surface area contributed by atoms with Gasteiger partial charge in [-0.2, -0.15) is 11.8 Å². The number of hydrogen-bond acceptors (Lipinski definition) is 3. The van der Waals surface area contributed by atoms with Crippen LogP contribution in [0.25, 0.3) is 0 Å². The average molecular weight is 210 g/mol. The molecule has 0 saturated carbocycles. The Hall–Kier alpha value is -0.960. The Kier molecular flexibility index (Phi) is 4.01. The van der Waals surface area contributed by atoms with Crippen LogP contribution in [0.4, 0.5) is 0 Å². The third-order valence-corrected chi connectivity index (χ3v) is 2.37. The summed E-state index contributed by atoms with van der Waals surface area (Å²) in [6, 6.07) is 5.85. The van der Waals surface area contributed by atoms with Crippen molar-refractivity contribution in [1.29, 1.82) is 0 Å². The van der Waals surface area contributed by atoms with Crippen LogP contribution in [0.3, 0.4) is 0 Å². The largest absolute Gasteiger partial charge is 0.426 e. The Morgan fingerprint density at radius 2 is 2.21 bits per heavy atom. The highest BCUT2D eigenvalue weighted by Crippen LogP contribution is 2.23. The van der Waals surface area contributed by atoms with E-state index in [4.69, 9.17) is 4.74 Å². The minimum absolute atomic E-state index is 0.267. The molecule has 0 fully saturated rings. The number of rotatable bonds is 3. The highest BCUT2D eigenvalue weighted by atomic mass is 32.2. The van der Waals surface area contributed by atoms with Crippen LogP contribution in [0.5, 0.6) is 5.75 Å². The van der Waals surface area contributed by atoms with Crippen molar-refractivity contribution < 1.29 is 9.53 Å². The van der Waals surface area contributed by atoms with Gasteiger partial charge in [0.2, 0.25) is 0 Å². The van der Waals surface area contributed by atoms with Gasteiger partial charge in [-0.1, -0.05) is 17.7 Å². The molecule has 0 aliphatic heterocycles. The number of carbonyl (C=O) groups is 1. The van der Waals surface area contributed by atoms with E-state index in [0.29, 0.717) is 5.75 Å². The summed E-state index contributed by atoms with van der Waals surface area (Å²) in [5.41, 5.74) is 2.26. The van der Waals surface area contributed by atoms with Crippen LogP contribution in [0.1, 0.15) is 18.1 Å². The first-order valence-electron chi connectivity index (χ1n) is 4.40. The zero-order chi connectivity index (χ0) is 10.6. The fourth-order valence-electron chi connectivity index (χ4n) is 1.23. The molecule has 2 nitrogen and oxygen atoms in total. The zero-order valence-electron chi connectivity index (χ0n) is 8.66. The van der Waals surface area contributed by atoms with Gasteiger partial charge in [0.1, 0.15) is 5.75 Å². The highest BCUT2D eigenvalue weighted by molar-refractivity contribution is 7.97. The molecule has 1 rings (SSSR count). The number of esters is 1. The van der Waals surface area contributed by atoms with Crippen LogP contribution in [-0.2, 0) is 10.5 Å². The molecule has 0 aliphatic rings. The maximum absolute atomic E-state index is 10.8. The number of benzene rings is 1. The second-order valence-electron chi connectivity index (χ2n) is 3.14. The minimum Gasteiger partial charge on any atom is -0.426 e. The monoisotopic (exact) mass is 210 g/mol. The molecule has 0 amide bonds. The molecule has 0 bridgehead atoms. The van der Waals surface area contributed by atoms with Crippen LogP contribution in [0.15, 0.2) is 18.2 Å². The molecule has 0 saturated heterocycles. The summed E-state index contributed by atoms with van der Waals surface area (Å²) in [5.74, 6) is 1.28. The summed E-state index contributed by atoms with van der Waals surface area (Å²) in [5, 5.41) is 0. The predicted octanol–water partition coefficient (Wildman–Crippen LogP) is 2.78. The average Bonchev–Trinajstić information content (AvgIpc) is 2.09. The molecule has 1 aromatic carbocycles. The first-order valence-corrected chi connectivity index (χ1v) is 5.79. The number of thioether (sulfide) groups is 1. The molecular weight excluding hydrogens is 196 g/mol. The van der Waals surface area contributed by atoms with E-state index in [9.17, 15) is 4.79 Å². The number of carbonyl (C=O) groups excluding carboxylic acids is 1. The van der Waals surface area contributed by atoms with Crippen LogP contribution in [-0.4, -0.2) is 12.2 Å². The van der Waals surface area contributed by atoms with Crippen molar-refractivity contribution in [3.8, 4) is 5.75 Å². The topological polar surface area (TPSA) is 26.3 Å². The number of aryl methyl sites for hydroxylation is 1. The Labute approximate surface area is 88.7 Å². The lowest BCUT2D eigenvalue weighted by molar-refractivity contribution is -0.131. The van der Waals surface area contributed by atoms with Gasteiger partial charge in [-0.05, 0) is 19.2 Å². The van der Waals surface area contributed by atoms with E-state index in [1.807, 2.05) is 25.3 Å². The smallest absolute Gasteiger partial charge is 0.308 e. The molecule has 0 aromatic heterocycles. The minimum atomic E-state index is -0.267. The van der Waals surface area contributed by atoms with Gasteiger partial charge < -0.3 is 4.74 Å². The van der Waals surface area contributed by atoms with Crippen LogP contribution >= 0.6 is 11.8 Å². The molecule has 0 heterocycles. The molecule has 3 heteroatoms. The summed E-state index contributed by atoms with van der Waals surface area (Å²) in [6.45, 7) is 3.45. The van der Waals surface area contributed by atoms with Crippen molar-refractivity contribution in [3.05, 3.63) is 29.3 Å². The SMILES string of the molecule is CSCc1cc(C)ccc1OC(C)=O. The third kappa shape index (κ3) is 3.07. The molecule has 0 aliphatic carbocycles. The van der Waals surface area contributed by atoms with E-state index in [1.165, 1.54) is 12.5 Å². The predicted molar refractivity (Wildman–Crippen MR) is 59.7 cm³/mol. The maximum Gasteiger partial charge on any atom is 0.308 e. The fraction of sp³-hybridized carbons (Fsp3) is 0.364. The summed E-state index contributed by atoms with van der Waals surface area (Å²) < 4.78 is 5.10. The molecule has 0 spiro atoms. The van der Waals surface area contributed by atoms with E-state index < -0.39 is 0 Å². The Morgan fingerprint density at radius 3 is 2.79 bits per heavy atom. The third-order valence-electron chi connectivity index (χ3n) is 1.77. The zero-order valence-corrected chi connectivity index (χ0v) is 9.48. The van der Waals surface area contributed by atoms with E-state index >= 15 is 0 Å². The molecular formula is C11H14O2S. The maximum atomic E-state index is 10.8. The van der Waals surface area contributed by atoms with Gasteiger partial charge in [-0.15, -0.1) is 0 Å². The van der Waals surface area contributed by atoms with Crippen molar-refractivity contribution in [2.45, 2.75) is 19.6 Å². The second-order valence-corrected chi connectivity index (χ2v) is 4.00. The summed E-state index contributed by atoms with van der Waals surface area (Å²) in [6.07, 6.45) is 2.03. The standard InChI is InChI=1S/C11H14O2S/c1-8-4-5-11(13-9(2)12)10(6-8)7-14-3/h4-6H,7H2,1-3H3. The Balaban J connectivity index is 2.95. The molecule has 1 aromatic rings. The lowest BCUT2D eigenvalue weighted by Gasteiger charge is -2.08. The molecule has 0 radical (unpaired) electrons. The molecule has 0 unspecified atom stereocenters. The summed E-state index contributed by atoms with van der Waals surface area (Å²) in [4.78, 5) is 10.8. The molecule has 0 atom stereocenters. The van der Waals surface area contributed by atoms with E-state index in [2.05, 4.69) is 6.07 Å². The van der Waals surface area contributed by atoms with Gasteiger partial charge in [0.25, 0.3) is 0 Å². The first-order chi connectivity index (χ1) is 6.63. The van der Waals surface area contributed by atoms with Gasteiger partial charge in [0, 0.05) is 18.2 Å². The van der Waals surface area contributed by atoms with Gasteiger partial charge in [0.05, 0.1) is 0 Å². The van der Waals surface area contributed by atoms with Crippen LogP contribution in [0.2, 0.25) is 0 Å². The fourth-order valence-corrected chi connectivity index (χ4v) is 1.77. The molecule has 76 valence electrons. The molecule has 0 N–H and O–H groups in total. The van der Waals surface area contributed by atoms with Crippen molar-refractivity contribution in [1.82, 2.24) is 0 Å². The number of ether oxygens (including phenoxy) is 1. The first kappa shape index (κ1) is 11.1. The molecule has 14 heavy (non-hydrogen) atoms. The lowest BCUT2D eigenvalue weighted by Crippen LogP contribution is -2.03. The Bertz CT molecular complexity index is 334. The van der Waals surface area contributed by atoms with Crippen molar-refractivity contribution >= 4 is 17.7 Å². The quantitative estimate of drug-likeness (QED) is 0.567. The second kappa shape index (κ2) is 5.05.